The quantitative estimate of drug-likeness (QED) is 0.586. The van der Waals surface area contributed by atoms with Crippen LogP contribution in [0.25, 0.3) is 5.57 Å². The Morgan fingerprint density at radius 1 is 0.800 bits per heavy atom. The molecule has 0 saturated heterocycles. The van der Waals surface area contributed by atoms with Crippen LogP contribution < -0.4 is 0 Å². The van der Waals surface area contributed by atoms with Crippen LogP contribution in [-0.2, 0) is 0 Å². The Morgan fingerprint density at radius 2 is 1.35 bits per heavy atom. The highest BCUT2D eigenvalue weighted by Gasteiger charge is 2.04. The number of hydrogen-bond donors (Lipinski definition) is 1. The summed E-state index contributed by atoms with van der Waals surface area (Å²) in [5.41, 5.74) is 4.82. The molecule has 0 aliphatic rings. The summed E-state index contributed by atoms with van der Waals surface area (Å²) >= 11 is 0. The number of hydrogen-bond acceptors (Lipinski definition) is 1. The van der Waals surface area contributed by atoms with Crippen molar-refractivity contribution in [1.29, 1.82) is 5.41 Å². The van der Waals surface area contributed by atoms with E-state index in [2.05, 4.69) is 24.3 Å². The molecule has 0 radical (unpaired) electrons. The lowest BCUT2D eigenvalue weighted by Gasteiger charge is -2.07. The highest BCUT2D eigenvalue weighted by Crippen LogP contribution is 2.18. The van der Waals surface area contributed by atoms with Gasteiger partial charge in [-0.05, 0) is 30.5 Å². The zero-order valence-corrected chi connectivity index (χ0v) is 11.9. The summed E-state index contributed by atoms with van der Waals surface area (Å²) in [5.74, 6) is 0. The van der Waals surface area contributed by atoms with Crippen LogP contribution in [-0.4, -0.2) is 5.71 Å². The van der Waals surface area contributed by atoms with Gasteiger partial charge in [0.25, 0.3) is 0 Å². The number of rotatable bonds is 4. The van der Waals surface area contributed by atoms with Crippen LogP contribution in [0.5, 0.6) is 0 Å². The van der Waals surface area contributed by atoms with Crippen LogP contribution in [0.3, 0.4) is 0 Å². The lowest BCUT2D eigenvalue weighted by Crippen LogP contribution is -2.00. The second-order valence-electron chi connectivity index (χ2n) is 4.56. The zero-order valence-electron chi connectivity index (χ0n) is 11.9. The van der Waals surface area contributed by atoms with Crippen molar-refractivity contribution in [2.75, 3.05) is 0 Å². The highest BCUT2D eigenvalue weighted by atomic mass is 14.4. The van der Waals surface area contributed by atoms with Crippen molar-refractivity contribution in [1.82, 2.24) is 0 Å². The van der Waals surface area contributed by atoms with E-state index >= 15 is 0 Å². The molecule has 0 bridgehead atoms. The van der Waals surface area contributed by atoms with Crippen LogP contribution >= 0.6 is 0 Å². The summed E-state index contributed by atoms with van der Waals surface area (Å²) in [7, 11) is 0. The van der Waals surface area contributed by atoms with Gasteiger partial charge in [0.1, 0.15) is 0 Å². The number of benzene rings is 2. The highest BCUT2D eigenvalue weighted by molar-refractivity contribution is 6.10. The maximum Gasteiger partial charge on any atom is 0.0684 e. The molecular formula is C19H19N. The molecule has 0 heterocycles. The van der Waals surface area contributed by atoms with Gasteiger partial charge in [-0.25, -0.2) is 0 Å². The Balaban J connectivity index is 2.27. The van der Waals surface area contributed by atoms with Gasteiger partial charge in [0.15, 0.2) is 0 Å². The van der Waals surface area contributed by atoms with Crippen LogP contribution in [0.2, 0.25) is 0 Å². The molecule has 0 saturated carbocycles. The first-order valence-corrected chi connectivity index (χ1v) is 6.80. The van der Waals surface area contributed by atoms with Gasteiger partial charge < -0.3 is 0 Å². The average molecular weight is 261 g/mol. The lowest BCUT2D eigenvalue weighted by atomic mass is 9.98. The summed E-state index contributed by atoms with van der Waals surface area (Å²) in [6.45, 7) is 4.05. The Kier molecular flexibility index (Phi) is 4.67. The summed E-state index contributed by atoms with van der Waals surface area (Å²) in [4.78, 5) is 0. The largest absolute Gasteiger partial charge is 0.300 e. The SMILES string of the molecule is C/C=C\C(=C/C)c1ccc(C(=N)c2ccccc2)cc1. The molecule has 0 atom stereocenters. The molecule has 2 rings (SSSR count). The Hall–Kier alpha value is -2.41. The molecule has 1 heteroatoms. The minimum atomic E-state index is 0.560. The molecular weight excluding hydrogens is 242 g/mol. The third-order valence-electron chi connectivity index (χ3n) is 3.23. The minimum absolute atomic E-state index is 0.560. The number of allylic oxidation sites excluding steroid dienone is 4. The summed E-state index contributed by atoms with van der Waals surface area (Å²) in [6.07, 6.45) is 6.23. The van der Waals surface area contributed by atoms with E-state index < -0.39 is 0 Å². The van der Waals surface area contributed by atoms with Crippen molar-refractivity contribution in [3.05, 3.63) is 89.5 Å². The first-order valence-electron chi connectivity index (χ1n) is 6.80. The van der Waals surface area contributed by atoms with Gasteiger partial charge in [-0.2, -0.15) is 0 Å². The second-order valence-corrected chi connectivity index (χ2v) is 4.56. The van der Waals surface area contributed by atoms with E-state index in [0.717, 1.165) is 11.1 Å². The van der Waals surface area contributed by atoms with Crippen molar-refractivity contribution in [3.63, 3.8) is 0 Å². The van der Waals surface area contributed by atoms with Gasteiger partial charge in [-0.1, -0.05) is 72.8 Å². The molecule has 2 aromatic rings. The molecule has 0 fully saturated rings. The van der Waals surface area contributed by atoms with Gasteiger partial charge in [0.2, 0.25) is 0 Å². The van der Waals surface area contributed by atoms with Gasteiger partial charge in [0.05, 0.1) is 5.71 Å². The first-order chi connectivity index (χ1) is 9.76. The van der Waals surface area contributed by atoms with Crippen molar-refractivity contribution in [2.45, 2.75) is 13.8 Å². The van der Waals surface area contributed by atoms with Crippen LogP contribution in [0.1, 0.15) is 30.5 Å². The molecule has 0 aliphatic carbocycles. The second kappa shape index (κ2) is 6.67. The van der Waals surface area contributed by atoms with Crippen molar-refractivity contribution < 1.29 is 0 Å². The maximum atomic E-state index is 8.25. The van der Waals surface area contributed by atoms with Gasteiger partial charge in [-0.3, -0.25) is 5.41 Å². The van der Waals surface area contributed by atoms with Crippen molar-refractivity contribution in [2.24, 2.45) is 0 Å². The molecule has 1 nitrogen and oxygen atoms in total. The van der Waals surface area contributed by atoms with E-state index in [1.165, 1.54) is 11.1 Å². The monoisotopic (exact) mass is 261 g/mol. The molecule has 0 aliphatic heterocycles. The minimum Gasteiger partial charge on any atom is -0.300 e. The summed E-state index contributed by atoms with van der Waals surface area (Å²) in [5, 5.41) is 8.25. The Labute approximate surface area is 120 Å². The van der Waals surface area contributed by atoms with E-state index in [1.807, 2.05) is 62.4 Å². The zero-order chi connectivity index (χ0) is 14.4. The van der Waals surface area contributed by atoms with Gasteiger partial charge in [0, 0.05) is 5.56 Å². The van der Waals surface area contributed by atoms with Crippen molar-refractivity contribution >= 4 is 11.3 Å². The van der Waals surface area contributed by atoms with Crippen LogP contribution in [0.4, 0.5) is 0 Å². The fourth-order valence-electron chi connectivity index (χ4n) is 2.14. The Bertz CT molecular complexity index is 631. The smallest absolute Gasteiger partial charge is 0.0684 e. The molecule has 0 unspecified atom stereocenters. The molecule has 1 N–H and O–H groups in total. The van der Waals surface area contributed by atoms with Crippen LogP contribution in [0, 0.1) is 5.41 Å². The first kappa shape index (κ1) is 14.0. The third-order valence-corrected chi connectivity index (χ3v) is 3.23. The molecule has 20 heavy (non-hydrogen) atoms. The van der Waals surface area contributed by atoms with E-state index in [0.29, 0.717) is 5.71 Å². The molecule has 0 aromatic heterocycles. The van der Waals surface area contributed by atoms with E-state index in [9.17, 15) is 0 Å². The van der Waals surface area contributed by atoms with Crippen LogP contribution in [0.15, 0.2) is 72.8 Å². The van der Waals surface area contributed by atoms with E-state index in [4.69, 9.17) is 5.41 Å². The normalized spacial score (nSPS) is 11.8. The average Bonchev–Trinajstić information content (AvgIpc) is 2.53. The Morgan fingerprint density at radius 3 is 1.90 bits per heavy atom. The molecule has 2 aromatic carbocycles. The van der Waals surface area contributed by atoms with Gasteiger partial charge in [-0.15, -0.1) is 0 Å². The fourth-order valence-corrected chi connectivity index (χ4v) is 2.14. The third kappa shape index (κ3) is 3.12. The standard InChI is InChI=1S/C19H19N/c1-3-8-15(4-2)16-11-13-18(14-12-16)19(20)17-9-6-5-7-10-17/h3-14,20H,1-2H3/b8-3-,15-4+,20-19?. The fraction of sp³-hybridized carbons (Fsp3) is 0.105. The van der Waals surface area contributed by atoms with Gasteiger partial charge >= 0.3 is 0 Å². The summed E-state index contributed by atoms with van der Waals surface area (Å²) in [6, 6.07) is 18.0. The molecule has 100 valence electrons. The lowest BCUT2D eigenvalue weighted by molar-refractivity contribution is 1.45. The predicted octanol–water partition coefficient (Wildman–Crippen LogP) is 5.08. The summed E-state index contributed by atoms with van der Waals surface area (Å²) < 4.78 is 0. The van der Waals surface area contributed by atoms with E-state index in [1.54, 1.807) is 0 Å². The maximum absolute atomic E-state index is 8.25. The van der Waals surface area contributed by atoms with E-state index in [-0.39, 0.29) is 0 Å². The van der Waals surface area contributed by atoms with Crippen molar-refractivity contribution in [3.8, 4) is 0 Å². The molecule has 0 amide bonds. The predicted molar refractivity (Wildman–Crippen MR) is 87.3 cm³/mol. The topological polar surface area (TPSA) is 23.9 Å². The molecule has 0 spiro atoms. The number of nitrogens with one attached hydrogen (secondary N) is 1.